The number of nitrogens with zero attached hydrogens (tertiary/aromatic N) is 2. The van der Waals surface area contributed by atoms with E-state index in [0.29, 0.717) is 13.2 Å². The van der Waals surface area contributed by atoms with Gasteiger partial charge in [0.2, 0.25) is 0 Å². The van der Waals surface area contributed by atoms with Crippen molar-refractivity contribution >= 4 is 12.9 Å². The summed E-state index contributed by atoms with van der Waals surface area (Å²) in [7, 11) is 6.77. The van der Waals surface area contributed by atoms with E-state index in [1.165, 1.54) is 36.8 Å². The Morgan fingerprint density at radius 3 is 1.84 bits per heavy atom. The van der Waals surface area contributed by atoms with Crippen LogP contribution in [0.3, 0.4) is 0 Å². The molecule has 0 saturated heterocycles. The van der Waals surface area contributed by atoms with Crippen LogP contribution in [0.4, 0.5) is 0 Å². The lowest BCUT2D eigenvalue weighted by molar-refractivity contribution is -0.123. The summed E-state index contributed by atoms with van der Waals surface area (Å²) in [6.07, 6.45) is 5.53. The van der Waals surface area contributed by atoms with Crippen LogP contribution in [0, 0.1) is 18.8 Å². The van der Waals surface area contributed by atoms with Crippen LogP contribution in [0.5, 0.6) is 11.5 Å². The Labute approximate surface area is 184 Å². The van der Waals surface area contributed by atoms with Gasteiger partial charge in [-0.3, -0.25) is 14.5 Å². The largest absolute Gasteiger partial charge is 0.486 e. The number of aryl methyl sites for hydroxylation is 1. The maximum absolute atomic E-state index is 8.36. The zero-order chi connectivity index (χ0) is 23.0. The van der Waals surface area contributed by atoms with E-state index in [2.05, 4.69) is 50.0 Å². The Kier molecular flexibility index (Phi) is 9.58. The molecular weight excluding hydrogens is 400 g/mol. The van der Waals surface area contributed by atoms with Gasteiger partial charge in [-0.05, 0) is 88.8 Å². The highest BCUT2D eigenvalue weighted by atomic mass is 16.6. The third-order valence-electron chi connectivity index (χ3n) is 6.74. The van der Waals surface area contributed by atoms with Crippen LogP contribution in [-0.4, -0.2) is 79.4 Å². The quantitative estimate of drug-likeness (QED) is 0.695. The molecule has 0 aromatic heterocycles. The third-order valence-corrected chi connectivity index (χ3v) is 6.74. The van der Waals surface area contributed by atoms with E-state index < -0.39 is 0 Å². The number of hydrogen-bond donors (Lipinski definition) is 2. The van der Waals surface area contributed by atoms with Crippen LogP contribution in [0.15, 0.2) is 12.1 Å². The van der Waals surface area contributed by atoms with Crippen molar-refractivity contribution in [2.45, 2.75) is 51.2 Å². The molecule has 2 aliphatic carbocycles. The smallest absolute Gasteiger partial charge is 0.290 e. The van der Waals surface area contributed by atoms with Crippen molar-refractivity contribution in [2.75, 3.05) is 34.4 Å². The number of rotatable bonds is 4. The highest BCUT2D eigenvalue weighted by molar-refractivity contribution is 5.47. The van der Waals surface area contributed by atoms with Crippen LogP contribution in [0.1, 0.15) is 36.8 Å². The second kappa shape index (κ2) is 11.9. The molecule has 1 aromatic carbocycles. The second-order valence-corrected chi connectivity index (χ2v) is 8.78. The summed E-state index contributed by atoms with van der Waals surface area (Å²) in [5, 5.41) is 13.8. The van der Waals surface area contributed by atoms with E-state index in [4.69, 9.17) is 29.3 Å². The Morgan fingerprint density at radius 1 is 0.903 bits per heavy atom. The molecule has 4 atom stereocenters. The fourth-order valence-electron chi connectivity index (χ4n) is 5.13. The zero-order valence-corrected chi connectivity index (χ0v) is 19.0. The number of carbonyl (C=O) groups is 2. The molecule has 2 unspecified atom stereocenters. The summed E-state index contributed by atoms with van der Waals surface area (Å²) < 4.78 is 11.5. The van der Waals surface area contributed by atoms with Crippen LogP contribution >= 0.6 is 0 Å². The third kappa shape index (κ3) is 6.58. The minimum atomic E-state index is -0.250. The van der Waals surface area contributed by atoms with Gasteiger partial charge in [0.15, 0.2) is 11.5 Å². The molecule has 0 radical (unpaired) electrons. The molecule has 8 nitrogen and oxygen atoms in total. The standard InChI is InChI=1S/C21H32N2O2.2CH2O2/c1-14-7-20-21(25-6-5-24-20)12-17(14)13-23(4)19-10-15-8-18(22(2)3)9-16(15)11-19;2*2-1-3/h7,12,15-16,18-19H,5-6,8-11,13H2,1-4H3;2*1H,(H,2,3)/t15-,16+,18?,19?;;. The molecule has 174 valence electrons. The van der Waals surface area contributed by atoms with Crippen molar-refractivity contribution in [1.82, 2.24) is 9.80 Å². The topological polar surface area (TPSA) is 99.5 Å². The Hall–Kier alpha value is -2.32. The first-order valence-corrected chi connectivity index (χ1v) is 10.8. The van der Waals surface area contributed by atoms with Crippen molar-refractivity contribution < 1.29 is 29.3 Å². The number of hydrogen-bond acceptors (Lipinski definition) is 6. The van der Waals surface area contributed by atoms with Crippen LogP contribution < -0.4 is 9.47 Å². The molecule has 1 aromatic rings. The van der Waals surface area contributed by atoms with Gasteiger partial charge in [0.25, 0.3) is 12.9 Å². The number of benzene rings is 1. The Morgan fingerprint density at radius 2 is 1.35 bits per heavy atom. The van der Waals surface area contributed by atoms with Crippen molar-refractivity contribution in [3.63, 3.8) is 0 Å². The SMILES string of the molecule is Cc1cc2c(cc1CN(C)C1C[C@H]3CC(N(C)C)C[C@H]3C1)OCCO2.O=CO.O=CO. The molecular formula is C23H36N2O6. The van der Waals surface area contributed by atoms with Gasteiger partial charge in [-0.25, -0.2) is 0 Å². The minimum Gasteiger partial charge on any atom is -0.486 e. The maximum atomic E-state index is 8.36. The van der Waals surface area contributed by atoms with Crippen molar-refractivity contribution in [3.05, 3.63) is 23.3 Å². The minimum absolute atomic E-state index is 0.250. The molecule has 1 aliphatic heterocycles. The highest BCUT2D eigenvalue weighted by Crippen LogP contribution is 2.46. The van der Waals surface area contributed by atoms with Gasteiger partial charge in [0, 0.05) is 18.6 Å². The van der Waals surface area contributed by atoms with Gasteiger partial charge in [-0.15, -0.1) is 0 Å². The van der Waals surface area contributed by atoms with E-state index in [9.17, 15) is 0 Å². The molecule has 4 rings (SSSR count). The number of ether oxygens (including phenoxy) is 2. The van der Waals surface area contributed by atoms with Gasteiger partial charge in [0.05, 0.1) is 0 Å². The summed E-state index contributed by atoms with van der Waals surface area (Å²) in [6.45, 7) is 4.00. The first-order chi connectivity index (χ1) is 14.8. The Bertz CT molecular complexity index is 706. The van der Waals surface area contributed by atoms with Crippen LogP contribution in [-0.2, 0) is 16.1 Å². The molecule has 8 heteroatoms. The molecule has 0 amide bonds. The molecule has 2 N–H and O–H groups in total. The zero-order valence-electron chi connectivity index (χ0n) is 19.0. The molecule has 0 bridgehead atoms. The molecule has 31 heavy (non-hydrogen) atoms. The van der Waals surface area contributed by atoms with Crippen LogP contribution in [0.25, 0.3) is 0 Å². The average molecular weight is 437 g/mol. The monoisotopic (exact) mass is 436 g/mol. The summed E-state index contributed by atoms with van der Waals surface area (Å²) in [4.78, 5) is 21.7. The first kappa shape index (κ1) is 24.9. The van der Waals surface area contributed by atoms with Crippen molar-refractivity contribution in [2.24, 2.45) is 11.8 Å². The lowest BCUT2D eigenvalue weighted by atomic mass is 10.0. The van der Waals surface area contributed by atoms with Gasteiger partial charge in [-0.2, -0.15) is 0 Å². The second-order valence-electron chi connectivity index (χ2n) is 8.78. The van der Waals surface area contributed by atoms with E-state index in [-0.39, 0.29) is 12.9 Å². The van der Waals surface area contributed by atoms with E-state index >= 15 is 0 Å². The van der Waals surface area contributed by atoms with Gasteiger partial charge >= 0.3 is 0 Å². The number of carboxylic acid groups (broad SMARTS) is 2. The lowest BCUT2D eigenvalue weighted by Gasteiger charge is -2.28. The van der Waals surface area contributed by atoms with Gasteiger partial charge in [-0.1, -0.05) is 0 Å². The van der Waals surface area contributed by atoms with E-state index in [1.54, 1.807) is 0 Å². The molecule has 0 spiro atoms. The normalized spacial score (nSPS) is 25.7. The molecule has 2 saturated carbocycles. The highest BCUT2D eigenvalue weighted by Gasteiger charge is 2.43. The first-order valence-electron chi connectivity index (χ1n) is 10.8. The Balaban J connectivity index is 0.000000513. The van der Waals surface area contributed by atoms with E-state index in [0.717, 1.165) is 42.0 Å². The summed E-state index contributed by atoms with van der Waals surface area (Å²) in [5.41, 5.74) is 2.68. The molecule has 1 heterocycles. The van der Waals surface area contributed by atoms with Crippen LogP contribution in [0.2, 0.25) is 0 Å². The van der Waals surface area contributed by atoms with Gasteiger partial charge in [0.1, 0.15) is 13.2 Å². The summed E-state index contributed by atoms with van der Waals surface area (Å²) >= 11 is 0. The fraction of sp³-hybridized carbons (Fsp3) is 0.652. The van der Waals surface area contributed by atoms with E-state index in [1.807, 2.05) is 0 Å². The van der Waals surface area contributed by atoms with Crippen molar-refractivity contribution in [3.8, 4) is 11.5 Å². The lowest BCUT2D eigenvalue weighted by Crippen LogP contribution is -2.31. The predicted octanol–water partition coefficient (Wildman–Crippen LogP) is 2.72. The summed E-state index contributed by atoms with van der Waals surface area (Å²) in [6, 6.07) is 5.87. The predicted molar refractivity (Wildman–Crippen MR) is 118 cm³/mol. The van der Waals surface area contributed by atoms with Gasteiger partial charge < -0.3 is 24.6 Å². The number of fused-ring (bicyclic) bond motifs is 2. The average Bonchev–Trinajstić information content (AvgIpc) is 3.29. The molecule has 2 fully saturated rings. The fourth-order valence-corrected chi connectivity index (χ4v) is 5.13. The maximum Gasteiger partial charge on any atom is 0.290 e. The summed E-state index contributed by atoms with van der Waals surface area (Å²) in [5.74, 6) is 3.68. The van der Waals surface area contributed by atoms with Crippen molar-refractivity contribution in [1.29, 1.82) is 0 Å². The molecule has 3 aliphatic rings.